The Balaban J connectivity index is 1.73. The van der Waals surface area contributed by atoms with Gasteiger partial charge < -0.3 is 19.1 Å². The van der Waals surface area contributed by atoms with Crippen molar-refractivity contribution in [1.29, 1.82) is 0 Å². The molecule has 1 saturated heterocycles. The van der Waals surface area contributed by atoms with E-state index in [2.05, 4.69) is 4.98 Å². The van der Waals surface area contributed by atoms with Gasteiger partial charge in [-0.15, -0.1) is 0 Å². The highest BCUT2D eigenvalue weighted by molar-refractivity contribution is 5.69. The van der Waals surface area contributed by atoms with Gasteiger partial charge in [0.2, 0.25) is 5.88 Å². The molecule has 2 atom stereocenters. The number of amides is 1. The average molecular weight is 334 g/mol. The maximum absolute atomic E-state index is 12.4. The largest absolute Gasteiger partial charge is 0.483 e. The van der Waals surface area contributed by atoms with Crippen molar-refractivity contribution in [2.75, 3.05) is 13.2 Å². The third kappa shape index (κ3) is 3.28. The molecule has 6 heteroatoms. The Morgan fingerprint density at radius 2 is 2.25 bits per heavy atom. The Hall–Kier alpha value is -1.98. The SMILES string of the molecule is CCOc1cc2c(cn1)O[C@]1(C2)C[C@H](C)N(C(=O)OC(C)(C)C)C1. The van der Waals surface area contributed by atoms with Crippen molar-refractivity contribution < 1.29 is 19.0 Å². The maximum Gasteiger partial charge on any atom is 0.410 e. The van der Waals surface area contributed by atoms with E-state index in [4.69, 9.17) is 14.2 Å². The first-order valence-electron chi connectivity index (χ1n) is 8.52. The van der Waals surface area contributed by atoms with Gasteiger partial charge in [0.25, 0.3) is 0 Å². The van der Waals surface area contributed by atoms with E-state index in [0.717, 1.165) is 24.2 Å². The van der Waals surface area contributed by atoms with Gasteiger partial charge in [-0.25, -0.2) is 9.78 Å². The Labute approximate surface area is 143 Å². The fourth-order valence-corrected chi connectivity index (χ4v) is 3.48. The lowest BCUT2D eigenvalue weighted by molar-refractivity contribution is 0.0191. The average Bonchev–Trinajstić information content (AvgIpc) is 2.96. The summed E-state index contributed by atoms with van der Waals surface area (Å²) in [6, 6.07) is 2.02. The molecule has 0 aliphatic carbocycles. The first-order valence-corrected chi connectivity index (χ1v) is 8.52. The van der Waals surface area contributed by atoms with E-state index in [1.165, 1.54) is 0 Å². The molecule has 3 heterocycles. The van der Waals surface area contributed by atoms with Crippen LogP contribution in [0.2, 0.25) is 0 Å². The zero-order valence-corrected chi connectivity index (χ0v) is 15.1. The summed E-state index contributed by atoms with van der Waals surface area (Å²) < 4.78 is 17.2. The summed E-state index contributed by atoms with van der Waals surface area (Å²) in [5.74, 6) is 1.41. The monoisotopic (exact) mass is 334 g/mol. The molecule has 1 aromatic rings. The summed E-state index contributed by atoms with van der Waals surface area (Å²) in [6.07, 6.45) is 2.98. The van der Waals surface area contributed by atoms with E-state index < -0.39 is 5.60 Å². The van der Waals surface area contributed by atoms with Crippen LogP contribution < -0.4 is 9.47 Å². The maximum atomic E-state index is 12.4. The highest BCUT2D eigenvalue weighted by Gasteiger charge is 2.50. The number of nitrogens with zero attached hydrogens (tertiary/aromatic N) is 2. The van der Waals surface area contributed by atoms with E-state index in [-0.39, 0.29) is 17.7 Å². The Kier molecular flexibility index (Phi) is 4.10. The van der Waals surface area contributed by atoms with Gasteiger partial charge in [0.15, 0.2) is 0 Å². The smallest absolute Gasteiger partial charge is 0.410 e. The van der Waals surface area contributed by atoms with Crippen LogP contribution >= 0.6 is 0 Å². The van der Waals surface area contributed by atoms with Crippen LogP contribution in [0.25, 0.3) is 0 Å². The molecule has 0 N–H and O–H groups in total. The number of hydrogen-bond acceptors (Lipinski definition) is 5. The van der Waals surface area contributed by atoms with Crippen LogP contribution in [0.4, 0.5) is 4.79 Å². The van der Waals surface area contributed by atoms with E-state index in [9.17, 15) is 4.79 Å². The van der Waals surface area contributed by atoms with Gasteiger partial charge in [-0.1, -0.05) is 0 Å². The van der Waals surface area contributed by atoms with Gasteiger partial charge in [0.1, 0.15) is 17.0 Å². The first kappa shape index (κ1) is 16.9. The minimum absolute atomic E-state index is 0.0773. The van der Waals surface area contributed by atoms with Crippen molar-refractivity contribution in [2.24, 2.45) is 0 Å². The fourth-order valence-electron chi connectivity index (χ4n) is 3.48. The number of aromatic nitrogens is 1. The first-order chi connectivity index (χ1) is 11.2. The molecular formula is C18H26N2O4. The summed E-state index contributed by atoms with van der Waals surface area (Å²) in [5, 5.41) is 0. The number of pyridine rings is 1. The zero-order chi connectivity index (χ0) is 17.5. The normalized spacial score (nSPS) is 25.5. The summed E-state index contributed by atoms with van der Waals surface area (Å²) >= 11 is 0. The van der Waals surface area contributed by atoms with Crippen molar-refractivity contribution in [2.45, 2.75) is 64.7 Å². The molecule has 132 valence electrons. The van der Waals surface area contributed by atoms with Gasteiger partial charge >= 0.3 is 6.09 Å². The predicted molar refractivity (Wildman–Crippen MR) is 89.5 cm³/mol. The van der Waals surface area contributed by atoms with Crippen LogP contribution in [0.5, 0.6) is 11.6 Å². The van der Waals surface area contributed by atoms with Crippen LogP contribution in [0.15, 0.2) is 12.3 Å². The zero-order valence-electron chi connectivity index (χ0n) is 15.1. The number of carbonyl (C=O) groups excluding carboxylic acids is 1. The van der Waals surface area contributed by atoms with E-state index in [0.29, 0.717) is 19.0 Å². The molecule has 1 fully saturated rings. The minimum atomic E-state index is -0.498. The number of rotatable bonds is 2. The quantitative estimate of drug-likeness (QED) is 0.831. The molecule has 24 heavy (non-hydrogen) atoms. The Morgan fingerprint density at radius 3 is 2.92 bits per heavy atom. The Bertz CT molecular complexity index is 640. The predicted octanol–water partition coefficient (Wildman–Crippen LogP) is 3.18. The number of carbonyl (C=O) groups is 1. The van der Waals surface area contributed by atoms with Gasteiger partial charge in [0, 0.05) is 30.5 Å². The lowest BCUT2D eigenvalue weighted by atomic mass is 9.95. The van der Waals surface area contributed by atoms with E-state index in [1.54, 1.807) is 11.1 Å². The molecule has 0 bridgehead atoms. The van der Waals surface area contributed by atoms with E-state index in [1.807, 2.05) is 40.7 Å². The van der Waals surface area contributed by atoms with Crippen molar-refractivity contribution in [3.05, 3.63) is 17.8 Å². The third-order valence-electron chi connectivity index (χ3n) is 4.34. The summed E-state index contributed by atoms with van der Waals surface area (Å²) in [4.78, 5) is 18.5. The number of fused-ring (bicyclic) bond motifs is 1. The molecular weight excluding hydrogens is 308 g/mol. The fraction of sp³-hybridized carbons (Fsp3) is 0.667. The van der Waals surface area contributed by atoms with Gasteiger partial charge in [-0.05, 0) is 34.6 Å². The molecule has 0 radical (unpaired) electrons. The highest BCUT2D eigenvalue weighted by Crippen LogP contribution is 2.43. The number of likely N-dealkylation sites (tertiary alicyclic amines) is 1. The second-order valence-corrected chi connectivity index (χ2v) is 7.69. The van der Waals surface area contributed by atoms with Crippen LogP contribution in [0, 0.1) is 0 Å². The van der Waals surface area contributed by atoms with Crippen molar-refractivity contribution in [3.63, 3.8) is 0 Å². The molecule has 0 saturated carbocycles. The third-order valence-corrected chi connectivity index (χ3v) is 4.34. The van der Waals surface area contributed by atoms with E-state index >= 15 is 0 Å². The Morgan fingerprint density at radius 1 is 1.50 bits per heavy atom. The van der Waals surface area contributed by atoms with Gasteiger partial charge in [-0.2, -0.15) is 0 Å². The molecule has 2 aliphatic rings. The molecule has 0 unspecified atom stereocenters. The number of ether oxygens (including phenoxy) is 3. The van der Waals surface area contributed by atoms with Crippen molar-refractivity contribution in [3.8, 4) is 11.6 Å². The summed E-state index contributed by atoms with van der Waals surface area (Å²) in [5.41, 5.74) is 0.208. The van der Waals surface area contributed by atoms with Gasteiger partial charge in [0.05, 0.1) is 19.3 Å². The molecule has 6 nitrogen and oxygen atoms in total. The van der Waals surface area contributed by atoms with Crippen LogP contribution in [-0.4, -0.2) is 46.4 Å². The lowest BCUT2D eigenvalue weighted by Gasteiger charge is -2.27. The molecule has 3 rings (SSSR count). The highest BCUT2D eigenvalue weighted by atomic mass is 16.6. The van der Waals surface area contributed by atoms with Crippen molar-refractivity contribution in [1.82, 2.24) is 9.88 Å². The second-order valence-electron chi connectivity index (χ2n) is 7.69. The van der Waals surface area contributed by atoms with Crippen LogP contribution in [0.1, 0.15) is 46.6 Å². The minimum Gasteiger partial charge on any atom is -0.483 e. The van der Waals surface area contributed by atoms with Crippen LogP contribution in [0.3, 0.4) is 0 Å². The molecule has 1 aromatic heterocycles. The summed E-state index contributed by atoms with van der Waals surface area (Å²) in [7, 11) is 0. The lowest BCUT2D eigenvalue weighted by Crippen LogP contribution is -2.42. The second kappa shape index (κ2) is 5.83. The summed E-state index contributed by atoms with van der Waals surface area (Å²) in [6.45, 7) is 10.7. The molecule has 0 aromatic carbocycles. The van der Waals surface area contributed by atoms with Crippen molar-refractivity contribution >= 4 is 6.09 Å². The standard InChI is InChI=1S/C18H26N2O4/c1-6-22-15-7-13-9-18(23-14(13)10-19-15)8-12(2)20(11-18)16(21)24-17(3,4)5/h7,10,12H,6,8-9,11H2,1-5H3/t12-,18-/m0/s1. The number of hydrogen-bond donors (Lipinski definition) is 0. The topological polar surface area (TPSA) is 60.9 Å². The van der Waals surface area contributed by atoms with Crippen LogP contribution in [-0.2, 0) is 11.2 Å². The molecule has 1 spiro atoms. The van der Waals surface area contributed by atoms with Gasteiger partial charge in [-0.3, -0.25) is 0 Å². The molecule has 1 amide bonds. The molecule has 2 aliphatic heterocycles.